The number of hydrogen-bond donors (Lipinski definition) is 4. The van der Waals surface area contributed by atoms with Crippen LogP contribution in [-0.2, 0) is 0 Å². The lowest BCUT2D eigenvalue weighted by Gasteiger charge is -2.08. The first-order valence-corrected chi connectivity index (χ1v) is 7.35. The van der Waals surface area contributed by atoms with Gasteiger partial charge in [-0.1, -0.05) is 24.3 Å². The number of nitrogens with one attached hydrogen (secondary N) is 3. The van der Waals surface area contributed by atoms with E-state index < -0.39 is 5.91 Å². The second-order valence-corrected chi connectivity index (χ2v) is 5.51. The van der Waals surface area contributed by atoms with E-state index in [1.54, 1.807) is 30.3 Å². The number of hydrogen-bond acceptors (Lipinski definition) is 3. The van der Waals surface area contributed by atoms with Crippen molar-refractivity contribution in [2.75, 3.05) is 5.32 Å². The molecule has 0 aliphatic rings. The summed E-state index contributed by atoms with van der Waals surface area (Å²) in [6.45, 7) is 0. The minimum absolute atomic E-state index is 0.0812. The standard InChI is InChI=1S/C18H13N3O3/c22-16-8-11-4-2-1-3-10(11)7-14(16)17(23)19-12-5-6-13-15(9-12)20-21-18(13)24/h1-9,22H,(H,19,23)(H2,20,21,24). The van der Waals surface area contributed by atoms with E-state index in [1.165, 1.54) is 0 Å². The van der Waals surface area contributed by atoms with Crippen molar-refractivity contribution in [2.45, 2.75) is 0 Å². The number of carbonyl (C=O) groups is 1. The molecule has 0 radical (unpaired) electrons. The summed E-state index contributed by atoms with van der Waals surface area (Å²) in [5.41, 5.74) is 1.10. The molecule has 0 saturated heterocycles. The van der Waals surface area contributed by atoms with Crippen LogP contribution in [0.15, 0.2) is 59.4 Å². The highest BCUT2D eigenvalue weighted by atomic mass is 16.3. The van der Waals surface area contributed by atoms with E-state index in [-0.39, 0.29) is 16.9 Å². The number of amides is 1. The van der Waals surface area contributed by atoms with Crippen molar-refractivity contribution >= 4 is 33.3 Å². The van der Waals surface area contributed by atoms with Crippen LogP contribution in [0.4, 0.5) is 5.69 Å². The molecule has 118 valence electrons. The summed E-state index contributed by atoms with van der Waals surface area (Å²) in [6, 6.07) is 15.6. The van der Waals surface area contributed by atoms with Crippen LogP contribution in [0.25, 0.3) is 21.7 Å². The summed E-state index contributed by atoms with van der Waals surface area (Å²) in [5.74, 6) is -0.502. The number of phenols is 1. The zero-order valence-electron chi connectivity index (χ0n) is 12.5. The lowest BCUT2D eigenvalue weighted by molar-refractivity contribution is 0.102. The van der Waals surface area contributed by atoms with Crippen LogP contribution in [0.3, 0.4) is 0 Å². The molecule has 24 heavy (non-hydrogen) atoms. The third-order valence-electron chi connectivity index (χ3n) is 3.94. The molecule has 0 spiro atoms. The monoisotopic (exact) mass is 319 g/mol. The summed E-state index contributed by atoms with van der Waals surface area (Å²) in [6.07, 6.45) is 0. The van der Waals surface area contributed by atoms with E-state index in [1.807, 2.05) is 24.3 Å². The highest BCUT2D eigenvalue weighted by Gasteiger charge is 2.13. The van der Waals surface area contributed by atoms with E-state index in [9.17, 15) is 14.7 Å². The van der Waals surface area contributed by atoms with Gasteiger partial charge in [-0.05, 0) is 41.1 Å². The molecule has 0 unspecified atom stereocenters. The van der Waals surface area contributed by atoms with Gasteiger partial charge in [-0.2, -0.15) is 0 Å². The van der Waals surface area contributed by atoms with Gasteiger partial charge >= 0.3 is 0 Å². The van der Waals surface area contributed by atoms with Gasteiger partial charge in [0.25, 0.3) is 11.5 Å². The number of carbonyl (C=O) groups excluding carboxylic acids is 1. The normalized spacial score (nSPS) is 11.0. The summed E-state index contributed by atoms with van der Waals surface area (Å²) >= 11 is 0. The minimum atomic E-state index is -0.421. The van der Waals surface area contributed by atoms with Crippen LogP contribution in [0, 0.1) is 0 Å². The average Bonchev–Trinajstić information content (AvgIpc) is 2.94. The Hall–Kier alpha value is -3.54. The van der Waals surface area contributed by atoms with Crippen molar-refractivity contribution in [2.24, 2.45) is 0 Å². The topological polar surface area (TPSA) is 98.0 Å². The van der Waals surface area contributed by atoms with Gasteiger partial charge in [0.1, 0.15) is 5.75 Å². The number of benzene rings is 3. The molecule has 0 bridgehead atoms. The molecule has 0 fully saturated rings. The van der Waals surface area contributed by atoms with Crippen LogP contribution >= 0.6 is 0 Å². The molecule has 0 saturated carbocycles. The second-order valence-electron chi connectivity index (χ2n) is 5.51. The molecule has 0 aliphatic heterocycles. The molecular weight excluding hydrogens is 306 g/mol. The van der Waals surface area contributed by atoms with E-state index >= 15 is 0 Å². The van der Waals surface area contributed by atoms with Crippen LogP contribution in [0.2, 0.25) is 0 Å². The Morgan fingerprint density at radius 3 is 2.50 bits per heavy atom. The Balaban J connectivity index is 1.70. The quantitative estimate of drug-likeness (QED) is 0.457. The number of aromatic nitrogens is 2. The molecule has 0 atom stereocenters. The molecule has 1 amide bonds. The second kappa shape index (κ2) is 5.27. The maximum atomic E-state index is 12.5. The first-order chi connectivity index (χ1) is 11.6. The molecule has 0 aliphatic carbocycles. The Morgan fingerprint density at radius 2 is 1.71 bits per heavy atom. The molecule has 6 heteroatoms. The molecule has 1 aromatic heterocycles. The van der Waals surface area contributed by atoms with Crippen molar-refractivity contribution < 1.29 is 9.90 Å². The van der Waals surface area contributed by atoms with Gasteiger partial charge in [-0.15, -0.1) is 0 Å². The Bertz CT molecular complexity index is 1140. The number of H-pyrrole nitrogens is 2. The van der Waals surface area contributed by atoms with Crippen molar-refractivity contribution in [3.63, 3.8) is 0 Å². The first-order valence-electron chi connectivity index (χ1n) is 7.35. The Kier molecular flexibility index (Phi) is 3.09. The van der Waals surface area contributed by atoms with Gasteiger partial charge in [0.2, 0.25) is 0 Å². The van der Waals surface area contributed by atoms with Gasteiger partial charge in [-0.3, -0.25) is 19.8 Å². The lowest BCUT2D eigenvalue weighted by Crippen LogP contribution is -2.12. The van der Waals surface area contributed by atoms with Gasteiger partial charge in [0.05, 0.1) is 16.5 Å². The van der Waals surface area contributed by atoms with Crippen LogP contribution in [0.5, 0.6) is 5.75 Å². The van der Waals surface area contributed by atoms with E-state index in [0.717, 1.165) is 10.8 Å². The molecule has 3 aromatic carbocycles. The van der Waals surface area contributed by atoms with Crippen molar-refractivity contribution in [1.29, 1.82) is 0 Å². The smallest absolute Gasteiger partial charge is 0.271 e. The lowest BCUT2D eigenvalue weighted by atomic mass is 10.1. The fourth-order valence-corrected chi connectivity index (χ4v) is 2.72. The summed E-state index contributed by atoms with van der Waals surface area (Å²) in [7, 11) is 0. The van der Waals surface area contributed by atoms with E-state index in [4.69, 9.17) is 0 Å². The number of fused-ring (bicyclic) bond motifs is 2. The van der Waals surface area contributed by atoms with E-state index in [2.05, 4.69) is 15.5 Å². The number of aromatic hydroxyl groups is 1. The molecule has 4 rings (SSSR count). The van der Waals surface area contributed by atoms with E-state index in [0.29, 0.717) is 16.6 Å². The predicted octanol–water partition coefficient (Wildman–Crippen LogP) is 2.97. The summed E-state index contributed by atoms with van der Waals surface area (Å²) in [4.78, 5) is 24.0. The van der Waals surface area contributed by atoms with Crippen LogP contribution in [-0.4, -0.2) is 21.2 Å². The van der Waals surface area contributed by atoms with Crippen molar-refractivity contribution in [1.82, 2.24) is 10.2 Å². The summed E-state index contributed by atoms with van der Waals surface area (Å²) in [5, 5.41) is 20.3. The maximum Gasteiger partial charge on any atom is 0.271 e. The molecule has 1 heterocycles. The highest BCUT2D eigenvalue weighted by molar-refractivity contribution is 6.09. The molecular formula is C18H13N3O3. The largest absolute Gasteiger partial charge is 0.507 e. The van der Waals surface area contributed by atoms with Gasteiger partial charge in [0, 0.05) is 5.69 Å². The fourth-order valence-electron chi connectivity index (χ4n) is 2.72. The van der Waals surface area contributed by atoms with Crippen molar-refractivity contribution in [3.8, 4) is 5.75 Å². The number of anilines is 1. The third kappa shape index (κ3) is 2.30. The number of phenolic OH excluding ortho intramolecular Hbond substituents is 1. The minimum Gasteiger partial charge on any atom is -0.507 e. The zero-order valence-corrected chi connectivity index (χ0v) is 12.5. The van der Waals surface area contributed by atoms with Gasteiger partial charge < -0.3 is 10.4 Å². The van der Waals surface area contributed by atoms with Crippen LogP contribution < -0.4 is 10.9 Å². The highest BCUT2D eigenvalue weighted by Crippen LogP contribution is 2.26. The number of rotatable bonds is 2. The third-order valence-corrected chi connectivity index (χ3v) is 3.94. The van der Waals surface area contributed by atoms with Crippen molar-refractivity contribution in [3.05, 3.63) is 70.5 Å². The Labute approximate surface area is 135 Å². The van der Waals surface area contributed by atoms with Crippen LogP contribution in [0.1, 0.15) is 10.4 Å². The summed E-state index contributed by atoms with van der Waals surface area (Å²) < 4.78 is 0. The molecule has 4 N–H and O–H groups in total. The van der Waals surface area contributed by atoms with Gasteiger partial charge in [-0.25, -0.2) is 0 Å². The predicted molar refractivity (Wildman–Crippen MR) is 92.5 cm³/mol. The van der Waals surface area contributed by atoms with Gasteiger partial charge in [0.15, 0.2) is 0 Å². The molecule has 4 aromatic rings. The zero-order chi connectivity index (χ0) is 16.7. The SMILES string of the molecule is O=C(Nc1ccc2c(=O)[nH][nH]c2c1)c1cc2ccccc2cc1O. The number of aromatic amines is 2. The Morgan fingerprint density at radius 1 is 0.958 bits per heavy atom. The molecule has 6 nitrogen and oxygen atoms in total. The first kappa shape index (κ1) is 14.1. The fraction of sp³-hybridized carbons (Fsp3) is 0. The average molecular weight is 319 g/mol. The maximum absolute atomic E-state index is 12.5.